The van der Waals surface area contributed by atoms with Crippen molar-refractivity contribution < 1.29 is 9.13 Å². The molecule has 134 valence electrons. The number of nitriles is 1. The van der Waals surface area contributed by atoms with Crippen molar-refractivity contribution in [2.75, 3.05) is 0 Å². The summed E-state index contributed by atoms with van der Waals surface area (Å²) in [6.45, 7) is 1.81. The summed E-state index contributed by atoms with van der Waals surface area (Å²) in [6, 6.07) is 15.3. The Morgan fingerprint density at radius 3 is 2.74 bits per heavy atom. The number of allylic oxidation sites excluding steroid dienone is 1. The van der Waals surface area contributed by atoms with Crippen molar-refractivity contribution in [1.29, 1.82) is 5.26 Å². The van der Waals surface area contributed by atoms with Crippen molar-refractivity contribution >= 4 is 11.6 Å². The monoisotopic (exact) mass is 380 g/mol. The molecule has 0 amide bonds. The Labute approximate surface area is 160 Å². The summed E-state index contributed by atoms with van der Waals surface area (Å²) < 4.78 is 21.2. The van der Waals surface area contributed by atoms with E-state index in [1.807, 2.05) is 13.0 Å². The van der Waals surface area contributed by atoms with E-state index in [-0.39, 0.29) is 11.5 Å². The molecule has 7 heteroatoms. The Kier molecular flexibility index (Phi) is 4.09. The molecule has 27 heavy (non-hydrogen) atoms. The van der Waals surface area contributed by atoms with E-state index in [9.17, 15) is 9.65 Å². The van der Waals surface area contributed by atoms with Crippen LogP contribution in [0.15, 0.2) is 60.0 Å². The molecule has 2 N–H and O–H groups in total. The molecular weight excluding hydrogens is 367 g/mol. The number of hydrogen-bond acceptors (Lipinski definition) is 4. The lowest BCUT2D eigenvalue weighted by Gasteiger charge is -2.24. The zero-order valence-corrected chi connectivity index (χ0v) is 15.0. The highest BCUT2D eigenvalue weighted by molar-refractivity contribution is 6.30. The first-order chi connectivity index (χ1) is 13.0. The van der Waals surface area contributed by atoms with E-state index in [0.717, 1.165) is 0 Å². The Morgan fingerprint density at radius 1 is 1.26 bits per heavy atom. The van der Waals surface area contributed by atoms with Crippen molar-refractivity contribution in [3.8, 4) is 17.6 Å². The van der Waals surface area contributed by atoms with Gasteiger partial charge in [0.1, 0.15) is 17.5 Å². The van der Waals surface area contributed by atoms with Gasteiger partial charge in [-0.3, -0.25) is 0 Å². The van der Waals surface area contributed by atoms with Crippen LogP contribution in [0, 0.1) is 24.1 Å². The molecular formula is C20H14ClFN4O. The van der Waals surface area contributed by atoms with E-state index in [1.165, 1.54) is 12.1 Å². The Hall–Kier alpha value is -3.30. The lowest BCUT2D eigenvalue weighted by Crippen LogP contribution is -2.22. The van der Waals surface area contributed by atoms with E-state index in [0.29, 0.717) is 33.4 Å². The fraction of sp³-hybridized carbons (Fsp3) is 0.100. The van der Waals surface area contributed by atoms with Gasteiger partial charge in [-0.1, -0.05) is 29.8 Å². The number of nitrogens with zero attached hydrogens (tertiary/aromatic N) is 3. The maximum atomic E-state index is 13.8. The molecule has 2 heterocycles. The van der Waals surface area contributed by atoms with E-state index in [4.69, 9.17) is 22.1 Å². The molecule has 0 spiro atoms. The normalized spacial score (nSPS) is 15.9. The van der Waals surface area contributed by atoms with Gasteiger partial charge >= 0.3 is 0 Å². The van der Waals surface area contributed by atoms with Gasteiger partial charge in [-0.2, -0.15) is 10.4 Å². The SMILES string of the molecule is Cc1nn(-c2cccc(Cl)c2)c2c1[C@@H](c1cccc(F)c1)C(C#N)=C(N)O2. The Bertz CT molecular complexity index is 1130. The molecule has 1 aliphatic heterocycles. The second-order valence-corrected chi connectivity index (χ2v) is 6.61. The van der Waals surface area contributed by atoms with Crippen LogP contribution in [0.4, 0.5) is 4.39 Å². The predicted octanol–water partition coefficient (Wildman–Crippen LogP) is 4.19. The Morgan fingerprint density at radius 2 is 2.04 bits per heavy atom. The first-order valence-electron chi connectivity index (χ1n) is 8.18. The molecule has 1 aromatic heterocycles. The molecule has 0 radical (unpaired) electrons. The number of rotatable bonds is 2. The minimum absolute atomic E-state index is 0.0255. The quantitative estimate of drug-likeness (QED) is 0.723. The maximum absolute atomic E-state index is 13.8. The van der Waals surface area contributed by atoms with Gasteiger partial charge in [0.2, 0.25) is 11.8 Å². The third-order valence-electron chi connectivity index (χ3n) is 4.47. The number of halogens is 2. The van der Waals surface area contributed by atoms with E-state index in [1.54, 1.807) is 35.0 Å². The predicted molar refractivity (Wildman–Crippen MR) is 99.0 cm³/mol. The van der Waals surface area contributed by atoms with Gasteiger partial charge in [0.15, 0.2) is 0 Å². The molecule has 0 bridgehead atoms. The summed E-state index contributed by atoms with van der Waals surface area (Å²) in [4.78, 5) is 0. The number of ether oxygens (including phenoxy) is 1. The summed E-state index contributed by atoms with van der Waals surface area (Å²) in [7, 11) is 0. The molecule has 0 fully saturated rings. The summed E-state index contributed by atoms with van der Waals surface area (Å²) in [5, 5.41) is 14.7. The third-order valence-corrected chi connectivity index (χ3v) is 4.70. The first-order valence-corrected chi connectivity index (χ1v) is 8.56. The summed E-state index contributed by atoms with van der Waals surface area (Å²) in [5.41, 5.74) is 8.88. The molecule has 0 unspecified atom stereocenters. The van der Waals surface area contributed by atoms with Crippen LogP contribution in [0.3, 0.4) is 0 Å². The lowest BCUT2D eigenvalue weighted by atomic mass is 9.84. The molecule has 0 aliphatic carbocycles. The average molecular weight is 381 g/mol. The molecule has 1 aliphatic rings. The molecule has 4 rings (SSSR count). The number of fused-ring (bicyclic) bond motifs is 1. The van der Waals surface area contributed by atoms with Gasteiger partial charge in [0.25, 0.3) is 0 Å². The number of nitrogens with two attached hydrogens (primary N) is 1. The fourth-order valence-electron chi connectivity index (χ4n) is 3.32. The third kappa shape index (κ3) is 2.82. The van der Waals surface area contributed by atoms with Crippen molar-refractivity contribution in [1.82, 2.24) is 9.78 Å². The molecule has 5 nitrogen and oxygen atoms in total. The molecule has 0 saturated heterocycles. The highest BCUT2D eigenvalue weighted by Crippen LogP contribution is 2.44. The number of aromatic nitrogens is 2. The second kappa shape index (κ2) is 6.45. The van der Waals surface area contributed by atoms with Crippen LogP contribution in [-0.2, 0) is 0 Å². The summed E-state index contributed by atoms with van der Waals surface area (Å²) >= 11 is 6.10. The largest absolute Gasteiger partial charge is 0.422 e. The van der Waals surface area contributed by atoms with Crippen LogP contribution in [-0.4, -0.2) is 9.78 Å². The average Bonchev–Trinajstić information content (AvgIpc) is 2.96. The van der Waals surface area contributed by atoms with E-state index in [2.05, 4.69) is 11.2 Å². The molecule has 3 aromatic rings. The second-order valence-electron chi connectivity index (χ2n) is 6.18. The van der Waals surface area contributed by atoms with Crippen LogP contribution in [0.1, 0.15) is 22.7 Å². The summed E-state index contributed by atoms with van der Waals surface area (Å²) in [5.74, 6) is -0.596. The van der Waals surface area contributed by atoms with Crippen LogP contribution >= 0.6 is 11.6 Å². The van der Waals surface area contributed by atoms with Crippen LogP contribution in [0.25, 0.3) is 5.69 Å². The maximum Gasteiger partial charge on any atom is 0.229 e. The van der Waals surface area contributed by atoms with Gasteiger partial charge in [-0.05, 0) is 42.8 Å². The van der Waals surface area contributed by atoms with Crippen molar-refractivity contribution in [2.24, 2.45) is 5.73 Å². The number of hydrogen-bond donors (Lipinski definition) is 1. The molecule has 2 aromatic carbocycles. The van der Waals surface area contributed by atoms with Gasteiger partial charge in [-0.25, -0.2) is 9.07 Å². The molecule has 1 atom stereocenters. The van der Waals surface area contributed by atoms with E-state index < -0.39 is 11.7 Å². The highest BCUT2D eigenvalue weighted by atomic mass is 35.5. The zero-order chi connectivity index (χ0) is 19.1. The van der Waals surface area contributed by atoms with Crippen molar-refractivity contribution in [3.05, 3.63) is 87.6 Å². The zero-order valence-electron chi connectivity index (χ0n) is 14.3. The number of benzene rings is 2. The number of aryl methyl sites for hydroxylation is 1. The van der Waals surface area contributed by atoms with Crippen LogP contribution in [0.2, 0.25) is 5.02 Å². The lowest BCUT2D eigenvalue weighted by molar-refractivity contribution is 0.367. The van der Waals surface area contributed by atoms with Gasteiger partial charge in [0.05, 0.1) is 22.9 Å². The molecule has 0 saturated carbocycles. The van der Waals surface area contributed by atoms with Crippen molar-refractivity contribution in [2.45, 2.75) is 12.8 Å². The van der Waals surface area contributed by atoms with Gasteiger partial charge in [0, 0.05) is 5.02 Å². The van der Waals surface area contributed by atoms with Gasteiger partial charge in [-0.15, -0.1) is 0 Å². The topological polar surface area (TPSA) is 76.9 Å². The fourth-order valence-corrected chi connectivity index (χ4v) is 3.50. The smallest absolute Gasteiger partial charge is 0.229 e. The van der Waals surface area contributed by atoms with Crippen LogP contribution < -0.4 is 10.5 Å². The minimum Gasteiger partial charge on any atom is -0.422 e. The first kappa shape index (κ1) is 17.1. The Balaban J connectivity index is 1.97. The standard InChI is InChI=1S/C20H14ClFN4O/c1-11-17-18(12-4-2-6-14(22)8-12)16(10-23)19(24)27-20(17)26(25-11)15-7-3-5-13(21)9-15/h2-9,18H,24H2,1H3/t18-/m0/s1. The summed E-state index contributed by atoms with van der Waals surface area (Å²) in [6.07, 6.45) is 0. The highest BCUT2D eigenvalue weighted by Gasteiger charge is 2.36. The van der Waals surface area contributed by atoms with Gasteiger partial charge < -0.3 is 10.5 Å². The van der Waals surface area contributed by atoms with E-state index >= 15 is 0 Å². The van der Waals surface area contributed by atoms with Crippen molar-refractivity contribution in [3.63, 3.8) is 0 Å². The minimum atomic E-state index is -0.567. The van der Waals surface area contributed by atoms with Crippen LogP contribution in [0.5, 0.6) is 5.88 Å².